The predicted octanol–water partition coefficient (Wildman–Crippen LogP) is 0.507. The van der Waals surface area contributed by atoms with Gasteiger partial charge in [0.1, 0.15) is 0 Å². The molecule has 2 atom stereocenters. The van der Waals surface area contributed by atoms with E-state index in [2.05, 4.69) is 15.4 Å². The van der Waals surface area contributed by atoms with Gasteiger partial charge >= 0.3 is 5.97 Å². The van der Waals surface area contributed by atoms with E-state index in [1.165, 1.54) is 0 Å². The van der Waals surface area contributed by atoms with Crippen LogP contribution in [-0.2, 0) is 4.79 Å². The van der Waals surface area contributed by atoms with Crippen molar-refractivity contribution in [3.8, 4) is 0 Å². The second-order valence-corrected chi connectivity index (χ2v) is 4.51. The number of rotatable bonds is 2. The summed E-state index contributed by atoms with van der Waals surface area (Å²) >= 11 is 0. The highest BCUT2D eigenvalue weighted by Gasteiger charge is 2.33. The Hall–Kier alpha value is -1.95. The SMILES string of the molecule is O=C(O)C1CNCCC1c1ccnc2ccnn12. The van der Waals surface area contributed by atoms with Crippen molar-refractivity contribution in [2.24, 2.45) is 5.92 Å². The zero-order valence-corrected chi connectivity index (χ0v) is 9.78. The fourth-order valence-electron chi connectivity index (χ4n) is 2.61. The summed E-state index contributed by atoms with van der Waals surface area (Å²) in [6, 6.07) is 3.69. The summed E-state index contributed by atoms with van der Waals surface area (Å²) in [5, 5.41) is 16.7. The number of carboxylic acids is 1. The van der Waals surface area contributed by atoms with E-state index in [1.807, 2.05) is 12.1 Å². The minimum absolute atomic E-state index is 0.0193. The number of nitrogens with one attached hydrogen (secondary N) is 1. The number of piperidine rings is 1. The average molecular weight is 246 g/mol. The molecular formula is C12H14N4O2. The standard InChI is InChI=1S/C12H14N4O2/c17-12(18)9-7-13-4-1-8(9)10-2-5-14-11-3-6-15-16(10)11/h2-3,5-6,8-9,13H,1,4,7H2,(H,17,18). The van der Waals surface area contributed by atoms with Gasteiger partial charge in [0.05, 0.1) is 12.1 Å². The van der Waals surface area contributed by atoms with E-state index < -0.39 is 11.9 Å². The molecule has 94 valence electrons. The Morgan fingerprint density at radius 1 is 1.44 bits per heavy atom. The van der Waals surface area contributed by atoms with Crippen LogP contribution in [0.5, 0.6) is 0 Å². The van der Waals surface area contributed by atoms with Crippen molar-refractivity contribution in [1.82, 2.24) is 19.9 Å². The molecule has 2 aromatic rings. The van der Waals surface area contributed by atoms with E-state index in [0.717, 1.165) is 24.3 Å². The molecule has 6 heteroatoms. The highest BCUT2D eigenvalue weighted by Crippen LogP contribution is 2.30. The summed E-state index contributed by atoms with van der Waals surface area (Å²) in [6.45, 7) is 1.34. The Kier molecular flexibility index (Phi) is 2.71. The minimum Gasteiger partial charge on any atom is -0.481 e. The van der Waals surface area contributed by atoms with Gasteiger partial charge in [-0.1, -0.05) is 0 Å². The van der Waals surface area contributed by atoms with Crippen molar-refractivity contribution in [3.63, 3.8) is 0 Å². The lowest BCUT2D eigenvalue weighted by molar-refractivity contribution is -0.143. The van der Waals surface area contributed by atoms with E-state index in [4.69, 9.17) is 0 Å². The Bertz CT molecular complexity index is 580. The molecule has 0 amide bonds. The van der Waals surface area contributed by atoms with Gasteiger partial charge in [0.25, 0.3) is 0 Å². The van der Waals surface area contributed by atoms with Gasteiger partial charge in [-0.15, -0.1) is 0 Å². The molecule has 0 bridgehead atoms. The molecule has 3 rings (SSSR count). The molecule has 1 aliphatic rings. The number of carbonyl (C=O) groups is 1. The van der Waals surface area contributed by atoms with Crippen LogP contribution in [0.25, 0.3) is 5.65 Å². The van der Waals surface area contributed by atoms with E-state index >= 15 is 0 Å². The number of hydrogen-bond acceptors (Lipinski definition) is 4. The summed E-state index contributed by atoms with van der Waals surface area (Å²) in [5.74, 6) is -1.19. The largest absolute Gasteiger partial charge is 0.481 e. The van der Waals surface area contributed by atoms with Crippen LogP contribution in [-0.4, -0.2) is 38.8 Å². The van der Waals surface area contributed by atoms with Crippen molar-refractivity contribution in [2.75, 3.05) is 13.1 Å². The monoisotopic (exact) mass is 246 g/mol. The lowest BCUT2D eigenvalue weighted by Gasteiger charge is -2.29. The maximum atomic E-state index is 11.3. The first-order valence-electron chi connectivity index (χ1n) is 5.99. The molecule has 1 fully saturated rings. The number of aliphatic carboxylic acids is 1. The Morgan fingerprint density at radius 2 is 2.33 bits per heavy atom. The highest BCUT2D eigenvalue weighted by molar-refractivity contribution is 5.71. The Morgan fingerprint density at radius 3 is 3.17 bits per heavy atom. The van der Waals surface area contributed by atoms with Crippen LogP contribution in [0.3, 0.4) is 0 Å². The van der Waals surface area contributed by atoms with Crippen LogP contribution in [0.4, 0.5) is 0 Å². The predicted molar refractivity (Wildman–Crippen MR) is 64.3 cm³/mol. The van der Waals surface area contributed by atoms with Crippen LogP contribution in [0, 0.1) is 5.92 Å². The fraction of sp³-hybridized carbons (Fsp3) is 0.417. The summed E-state index contributed by atoms with van der Waals surface area (Å²) in [5.41, 5.74) is 1.69. The van der Waals surface area contributed by atoms with Gasteiger partial charge in [0, 0.05) is 30.4 Å². The maximum absolute atomic E-state index is 11.3. The second-order valence-electron chi connectivity index (χ2n) is 4.51. The Balaban J connectivity index is 2.06. The highest BCUT2D eigenvalue weighted by atomic mass is 16.4. The van der Waals surface area contributed by atoms with Gasteiger partial charge in [-0.25, -0.2) is 9.50 Å². The molecule has 0 aliphatic carbocycles. The number of aromatic nitrogens is 3. The third-order valence-electron chi connectivity index (χ3n) is 3.50. The van der Waals surface area contributed by atoms with Crippen LogP contribution >= 0.6 is 0 Å². The van der Waals surface area contributed by atoms with Gasteiger partial charge in [0.15, 0.2) is 5.65 Å². The van der Waals surface area contributed by atoms with Crippen molar-refractivity contribution < 1.29 is 9.90 Å². The van der Waals surface area contributed by atoms with E-state index in [1.54, 1.807) is 16.9 Å². The van der Waals surface area contributed by atoms with Crippen molar-refractivity contribution in [3.05, 3.63) is 30.2 Å². The maximum Gasteiger partial charge on any atom is 0.308 e. The summed E-state index contributed by atoms with van der Waals surface area (Å²) in [4.78, 5) is 15.5. The molecule has 2 aromatic heterocycles. The molecule has 0 aromatic carbocycles. The summed E-state index contributed by atoms with van der Waals surface area (Å²) in [6.07, 6.45) is 4.20. The molecular weight excluding hydrogens is 232 g/mol. The summed E-state index contributed by atoms with van der Waals surface area (Å²) < 4.78 is 1.74. The molecule has 18 heavy (non-hydrogen) atoms. The average Bonchev–Trinajstić information content (AvgIpc) is 2.86. The fourth-order valence-corrected chi connectivity index (χ4v) is 2.61. The van der Waals surface area contributed by atoms with E-state index in [-0.39, 0.29) is 5.92 Å². The zero-order valence-electron chi connectivity index (χ0n) is 9.78. The second kappa shape index (κ2) is 4.38. The van der Waals surface area contributed by atoms with Crippen molar-refractivity contribution in [1.29, 1.82) is 0 Å². The smallest absolute Gasteiger partial charge is 0.308 e. The summed E-state index contributed by atoms with van der Waals surface area (Å²) in [7, 11) is 0. The van der Waals surface area contributed by atoms with Crippen LogP contribution in [0.2, 0.25) is 0 Å². The van der Waals surface area contributed by atoms with Crippen LogP contribution in [0.15, 0.2) is 24.5 Å². The normalized spacial score (nSPS) is 24.2. The van der Waals surface area contributed by atoms with Gasteiger partial charge in [-0.05, 0) is 19.0 Å². The number of hydrogen-bond donors (Lipinski definition) is 2. The first-order chi connectivity index (χ1) is 8.77. The quantitative estimate of drug-likeness (QED) is 0.807. The first kappa shape index (κ1) is 11.2. The Labute approximate surface area is 104 Å². The molecule has 3 heterocycles. The lowest BCUT2D eigenvalue weighted by atomic mass is 9.84. The molecule has 2 N–H and O–H groups in total. The molecule has 0 spiro atoms. The number of fused-ring (bicyclic) bond motifs is 1. The first-order valence-corrected chi connectivity index (χ1v) is 5.99. The zero-order chi connectivity index (χ0) is 12.5. The molecule has 0 radical (unpaired) electrons. The van der Waals surface area contributed by atoms with Gasteiger partial charge in [-0.2, -0.15) is 5.10 Å². The van der Waals surface area contributed by atoms with Gasteiger partial charge in [0.2, 0.25) is 0 Å². The third-order valence-corrected chi connectivity index (χ3v) is 3.50. The van der Waals surface area contributed by atoms with Crippen molar-refractivity contribution in [2.45, 2.75) is 12.3 Å². The van der Waals surface area contributed by atoms with Crippen LogP contribution < -0.4 is 5.32 Å². The third kappa shape index (κ3) is 1.74. The van der Waals surface area contributed by atoms with E-state index in [9.17, 15) is 9.90 Å². The lowest BCUT2D eigenvalue weighted by Crippen LogP contribution is -2.40. The molecule has 2 unspecified atom stereocenters. The molecule has 1 saturated heterocycles. The topological polar surface area (TPSA) is 79.5 Å². The molecule has 0 saturated carbocycles. The number of nitrogens with zero attached hydrogens (tertiary/aromatic N) is 3. The minimum atomic E-state index is -0.760. The van der Waals surface area contributed by atoms with Gasteiger partial charge < -0.3 is 10.4 Å². The van der Waals surface area contributed by atoms with Gasteiger partial charge in [-0.3, -0.25) is 4.79 Å². The van der Waals surface area contributed by atoms with Crippen molar-refractivity contribution >= 4 is 11.6 Å². The molecule has 1 aliphatic heterocycles. The molecule has 6 nitrogen and oxygen atoms in total. The number of carboxylic acid groups (broad SMARTS) is 1. The van der Waals surface area contributed by atoms with E-state index in [0.29, 0.717) is 6.54 Å². The van der Waals surface area contributed by atoms with Crippen LogP contribution in [0.1, 0.15) is 18.0 Å².